The Balaban J connectivity index is 1.46. The van der Waals surface area contributed by atoms with Gasteiger partial charge < -0.3 is 33.3 Å². The second kappa shape index (κ2) is 16.9. The molecule has 0 spiro atoms. The van der Waals surface area contributed by atoms with E-state index >= 15 is 0 Å². The molecule has 1 aromatic heterocycles. The first-order valence-electron chi connectivity index (χ1n) is 10.9. The summed E-state index contributed by atoms with van der Waals surface area (Å²) in [4.78, 5) is 6.55. The van der Waals surface area contributed by atoms with Crippen molar-refractivity contribution in [3.63, 3.8) is 0 Å². The van der Waals surface area contributed by atoms with Crippen molar-refractivity contribution < 1.29 is 28.4 Å². The molecule has 2 rings (SSSR count). The number of aromatic nitrogens is 1. The summed E-state index contributed by atoms with van der Waals surface area (Å²) >= 11 is 0. The highest BCUT2D eigenvalue weighted by Crippen LogP contribution is 2.17. The largest absolute Gasteiger partial charge is 0.490 e. The van der Waals surface area contributed by atoms with Crippen LogP contribution < -0.4 is 4.74 Å². The molecule has 1 saturated heterocycles. The fourth-order valence-electron chi connectivity index (χ4n) is 3.01. The van der Waals surface area contributed by atoms with Gasteiger partial charge >= 0.3 is 0 Å². The van der Waals surface area contributed by atoms with Crippen LogP contribution >= 0.6 is 0 Å². The topological polar surface area (TPSA) is 71.5 Å². The average molecular weight is 437 g/mol. The van der Waals surface area contributed by atoms with E-state index in [1.807, 2.05) is 6.07 Å². The van der Waals surface area contributed by atoms with Gasteiger partial charge in [0, 0.05) is 24.9 Å². The van der Waals surface area contributed by atoms with Crippen LogP contribution in [0, 0.1) is 11.8 Å². The van der Waals surface area contributed by atoms with Crippen molar-refractivity contribution in [3.05, 3.63) is 24.0 Å². The van der Waals surface area contributed by atoms with Crippen LogP contribution in [-0.4, -0.2) is 103 Å². The van der Waals surface area contributed by atoms with Crippen LogP contribution in [0.4, 0.5) is 0 Å². The third-order valence-electron chi connectivity index (χ3n) is 4.78. The number of hydrogen-bond acceptors (Lipinski definition) is 8. The third-order valence-corrected chi connectivity index (χ3v) is 4.78. The molecule has 1 aliphatic rings. The summed E-state index contributed by atoms with van der Waals surface area (Å²) in [6.45, 7) is 6.54. The van der Waals surface area contributed by atoms with Gasteiger partial charge in [0.2, 0.25) is 0 Å². The van der Waals surface area contributed by atoms with Crippen LogP contribution in [0.5, 0.6) is 5.75 Å². The number of rotatable bonds is 16. The Hall–Kier alpha value is -1.73. The molecule has 1 fully saturated rings. The van der Waals surface area contributed by atoms with E-state index in [1.54, 1.807) is 19.5 Å². The molecule has 0 unspecified atom stereocenters. The minimum atomic E-state index is 0.344. The van der Waals surface area contributed by atoms with Crippen LogP contribution in [-0.2, 0) is 23.7 Å². The van der Waals surface area contributed by atoms with Crippen molar-refractivity contribution >= 4 is 0 Å². The summed E-state index contributed by atoms with van der Waals surface area (Å²) in [5, 5.41) is 0. The summed E-state index contributed by atoms with van der Waals surface area (Å²) in [5.41, 5.74) is 0.820. The maximum absolute atomic E-state index is 5.89. The number of methoxy groups -OCH3 is 1. The molecule has 0 amide bonds. The van der Waals surface area contributed by atoms with E-state index in [0.29, 0.717) is 72.1 Å². The van der Waals surface area contributed by atoms with Gasteiger partial charge in [-0.25, -0.2) is 0 Å². The van der Waals surface area contributed by atoms with Gasteiger partial charge in [0.05, 0.1) is 59.1 Å². The SMILES string of the molecule is COCCOCCOCCOCCOCC#Cc1cncc(OC[C@@H]2CCCN2C)c1. The predicted octanol–water partition coefficient (Wildman–Crippen LogP) is 1.62. The van der Waals surface area contributed by atoms with Crippen molar-refractivity contribution in [2.75, 3.05) is 86.8 Å². The lowest BCUT2D eigenvalue weighted by Gasteiger charge is -2.19. The monoisotopic (exact) mass is 436 g/mol. The molecule has 0 aliphatic carbocycles. The van der Waals surface area contributed by atoms with E-state index in [9.17, 15) is 0 Å². The lowest BCUT2D eigenvalue weighted by atomic mass is 10.2. The second-order valence-electron chi connectivity index (χ2n) is 7.18. The Labute approximate surface area is 186 Å². The summed E-state index contributed by atoms with van der Waals surface area (Å²) < 4.78 is 32.4. The number of likely N-dealkylation sites (tertiary alicyclic amines) is 1. The van der Waals surface area contributed by atoms with Gasteiger partial charge in [-0.3, -0.25) is 4.98 Å². The van der Waals surface area contributed by atoms with E-state index in [-0.39, 0.29) is 0 Å². The van der Waals surface area contributed by atoms with Crippen LogP contribution in [0.3, 0.4) is 0 Å². The highest BCUT2D eigenvalue weighted by atomic mass is 16.6. The maximum atomic E-state index is 5.89. The molecule has 31 heavy (non-hydrogen) atoms. The Bertz CT molecular complexity index is 648. The van der Waals surface area contributed by atoms with E-state index in [2.05, 4.69) is 28.8 Å². The fourth-order valence-corrected chi connectivity index (χ4v) is 3.01. The molecular formula is C23H36N2O6. The second-order valence-corrected chi connectivity index (χ2v) is 7.18. The van der Waals surface area contributed by atoms with Gasteiger partial charge in [-0.15, -0.1) is 0 Å². The number of nitrogens with zero attached hydrogens (tertiary/aromatic N) is 2. The zero-order chi connectivity index (χ0) is 22.0. The first-order valence-corrected chi connectivity index (χ1v) is 10.9. The molecule has 1 atom stereocenters. The third kappa shape index (κ3) is 12.0. The zero-order valence-corrected chi connectivity index (χ0v) is 18.8. The van der Waals surface area contributed by atoms with Gasteiger partial charge in [-0.05, 0) is 32.5 Å². The lowest BCUT2D eigenvalue weighted by molar-refractivity contribution is -0.00549. The molecule has 174 valence electrons. The molecule has 0 radical (unpaired) electrons. The number of likely N-dealkylation sites (N-methyl/N-ethyl adjacent to an activating group) is 1. The van der Waals surface area contributed by atoms with Crippen molar-refractivity contribution in [1.29, 1.82) is 0 Å². The molecular weight excluding hydrogens is 400 g/mol. The van der Waals surface area contributed by atoms with Crippen molar-refractivity contribution in [3.8, 4) is 17.6 Å². The first-order chi connectivity index (χ1) is 15.3. The zero-order valence-electron chi connectivity index (χ0n) is 18.8. The highest BCUT2D eigenvalue weighted by Gasteiger charge is 2.21. The summed E-state index contributed by atoms with van der Waals surface area (Å²) in [7, 11) is 3.79. The van der Waals surface area contributed by atoms with Gasteiger partial charge in [0.1, 0.15) is 19.0 Å². The van der Waals surface area contributed by atoms with Crippen LogP contribution in [0.1, 0.15) is 18.4 Å². The van der Waals surface area contributed by atoms with Gasteiger partial charge in [-0.2, -0.15) is 0 Å². The summed E-state index contributed by atoms with van der Waals surface area (Å²) in [6.07, 6.45) is 5.87. The van der Waals surface area contributed by atoms with Gasteiger partial charge in [0.25, 0.3) is 0 Å². The number of pyridine rings is 1. The molecule has 8 heteroatoms. The fraction of sp³-hybridized carbons (Fsp3) is 0.696. The molecule has 2 heterocycles. The molecule has 1 aromatic rings. The quantitative estimate of drug-likeness (QED) is 0.286. The molecule has 0 saturated carbocycles. The molecule has 0 bridgehead atoms. The van der Waals surface area contributed by atoms with Crippen molar-refractivity contribution in [2.24, 2.45) is 0 Å². The number of hydrogen-bond donors (Lipinski definition) is 0. The standard InChI is InChI=1S/C23H36N2O6/c1-25-7-3-6-22(25)20-31-23-17-21(18-24-19-23)5-4-8-27-11-12-29-15-16-30-14-13-28-10-9-26-2/h17-19,22H,3,6-16,20H2,1-2H3/t22-/m0/s1. The minimum Gasteiger partial charge on any atom is -0.490 e. The van der Waals surface area contributed by atoms with Crippen molar-refractivity contribution in [2.45, 2.75) is 18.9 Å². The molecule has 0 N–H and O–H groups in total. The van der Waals surface area contributed by atoms with Gasteiger partial charge in [0.15, 0.2) is 0 Å². The molecule has 1 aliphatic heterocycles. The van der Waals surface area contributed by atoms with E-state index in [4.69, 9.17) is 28.4 Å². The van der Waals surface area contributed by atoms with E-state index in [1.165, 1.54) is 12.8 Å². The van der Waals surface area contributed by atoms with E-state index in [0.717, 1.165) is 17.9 Å². The minimum absolute atomic E-state index is 0.344. The molecule has 0 aromatic carbocycles. The highest BCUT2D eigenvalue weighted by molar-refractivity contribution is 5.36. The normalized spacial score (nSPS) is 16.3. The maximum Gasteiger partial charge on any atom is 0.138 e. The first kappa shape index (κ1) is 25.5. The van der Waals surface area contributed by atoms with E-state index < -0.39 is 0 Å². The predicted molar refractivity (Wildman–Crippen MR) is 117 cm³/mol. The molecule has 8 nitrogen and oxygen atoms in total. The smallest absolute Gasteiger partial charge is 0.138 e. The van der Waals surface area contributed by atoms with Gasteiger partial charge in [-0.1, -0.05) is 11.8 Å². The van der Waals surface area contributed by atoms with Crippen molar-refractivity contribution in [1.82, 2.24) is 9.88 Å². The summed E-state index contributed by atoms with van der Waals surface area (Å²) in [5.74, 6) is 6.81. The van der Waals surface area contributed by atoms with Crippen LogP contribution in [0.25, 0.3) is 0 Å². The lowest BCUT2D eigenvalue weighted by Crippen LogP contribution is -2.30. The summed E-state index contributed by atoms with van der Waals surface area (Å²) in [6, 6.07) is 2.40. The average Bonchev–Trinajstić information content (AvgIpc) is 3.20. The van der Waals surface area contributed by atoms with Crippen LogP contribution in [0.15, 0.2) is 18.5 Å². The Morgan fingerprint density at radius 3 is 2.29 bits per heavy atom. The Kier molecular flexibility index (Phi) is 13.9. The number of ether oxygens (including phenoxy) is 6. The van der Waals surface area contributed by atoms with Crippen LogP contribution in [0.2, 0.25) is 0 Å². The Morgan fingerprint density at radius 1 is 0.968 bits per heavy atom. The Morgan fingerprint density at radius 2 is 1.65 bits per heavy atom.